The summed E-state index contributed by atoms with van der Waals surface area (Å²) in [5.74, 6) is 0.129. The van der Waals surface area contributed by atoms with Crippen LogP contribution in [0, 0.1) is 18.2 Å². The van der Waals surface area contributed by atoms with Gasteiger partial charge < -0.3 is 34.1 Å². The summed E-state index contributed by atoms with van der Waals surface area (Å²) in [7, 11) is 3.25. The van der Waals surface area contributed by atoms with Gasteiger partial charge in [0.05, 0.1) is 18.4 Å². The largest absolute Gasteiger partial charge is 0.493 e. The molecule has 1 fully saturated rings. The number of ether oxygens (including phenoxy) is 4. The third-order valence-corrected chi connectivity index (χ3v) is 6.56. The van der Waals surface area contributed by atoms with E-state index in [1.54, 1.807) is 36.2 Å². The first-order valence-electron chi connectivity index (χ1n) is 13.3. The molecule has 10 nitrogen and oxygen atoms in total. The number of amides is 1. The molecule has 2 aromatic carbocycles. The van der Waals surface area contributed by atoms with Crippen molar-refractivity contribution in [1.29, 1.82) is 5.41 Å². The van der Waals surface area contributed by atoms with Crippen LogP contribution in [0.1, 0.15) is 32.0 Å². The third kappa shape index (κ3) is 6.77. The second-order valence-corrected chi connectivity index (χ2v) is 10.7. The van der Waals surface area contributed by atoms with Gasteiger partial charge in [0.2, 0.25) is 5.90 Å². The molecule has 0 saturated carbocycles. The van der Waals surface area contributed by atoms with Crippen LogP contribution in [-0.2, 0) is 4.74 Å². The van der Waals surface area contributed by atoms with E-state index in [4.69, 9.17) is 24.4 Å². The Hall–Kier alpha value is -3.99. The van der Waals surface area contributed by atoms with Crippen molar-refractivity contribution in [2.75, 3.05) is 58.8 Å². The summed E-state index contributed by atoms with van der Waals surface area (Å²) in [6.07, 6.45) is -0.287. The Morgan fingerprint density at radius 3 is 2.48 bits per heavy atom. The van der Waals surface area contributed by atoms with Crippen molar-refractivity contribution in [3.8, 4) is 17.2 Å². The van der Waals surface area contributed by atoms with Gasteiger partial charge >= 0.3 is 6.09 Å². The van der Waals surface area contributed by atoms with E-state index in [1.807, 2.05) is 27.7 Å². The van der Waals surface area contributed by atoms with Crippen molar-refractivity contribution in [3.05, 3.63) is 47.4 Å². The second kappa shape index (κ2) is 12.0. The summed E-state index contributed by atoms with van der Waals surface area (Å²) in [4.78, 5) is 19.3. The highest BCUT2D eigenvalue weighted by Gasteiger charge is 2.26. The normalized spacial score (nSPS) is 14.2. The molecule has 1 aromatic heterocycles. The summed E-state index contributed by atoms with van der Waals surface area (Å²) in [6.45, 7) is 11.1. The molecule has 11 heteroatoms. The van der Waals surface area contributed by atoms with Crippen LogP contribution in [0.5, 0.6) is 17.2 Å². The highest BCUT2D eigenvalue weighted by molar-refractivity contribution is 6.00. The van der Waals surface area contributed by atoms with Crippen LogP contribution in [0.2, 0.25) is 0 Å². The maximum atomic E-state index is 15.0. The van der Waals surface area contributed by atoms with Crippen LogP contribution >= 0.6 is 0 Å². The van der Waals surface area contributed by atoms with E-state index in [1.165, 1.54) is 13.2 Å². The standard InChI is InChI=1S/C29H38FN5O5/c1-18-15-19-21(33-18)7-8-23(26(19)30)39-27(31)20-16-24(37-6)25(17-22(20)32-5)38-14-13-34-9-11-35(12-10-34)28(36)40-29(2,3)4/h7-8,15-17,31-33H,9-14H2,1-6H3. The van der Waals surface area contributed by atoms with Crippen molar-refractivity contribution in [2.24, 2.45) is 0 Å². The van der Waals surface area contributed by atoms with Gasteiger partial charge in [-0.2, -0.15) is 0 Å². The van der Waals surface area contributed by atoms with E-state index in [9.17, 15) is 4.79 Å². The summed E-state index contributed by atoms with van der Waals surface area (Å²) in [5, 5.41) is 12.0. The minimum absolute atomic E-state index is 0.0374. The lowest BCUT2D eigenvalue weighted by Crippen LogP contribution is -2.50. The maximum Gasteiger partial charge on any atom is 0.410 e. The number of benzene rings is 2. The molecule has 0 aliphatic carbocycles. The first-order valence-corrected chi connectivity index (χ1v) is 13.3. The molecule has 1 amide bonds. The Morgan fingerprint density at radius 1 is 1.10 bits per heavy atom. The van der Waals surface area contributed by atoms with E-state index >= 15 is 4.39 Å². The predicted octanol–water partition coefficient (Wildman–Crippen LogP) is 5.00. The Balaban J connectivity index is 1.37. The summed E-state index contributed by atoms with van der Waals surface area (Å²) in [5.41, 5.74) is 1.96. The number of carbonyl (C=O) groups is 1. The van der Waals surface area contributed by atoms with E-state index in [2.05, 4.69) is 15.2 Å². The first kappa shape index (κ1) is 29.0. The van der Waals surface area contributed by atoms with Gasteiger partial charge in [0.1, 0.15) is 12.2 Å². The van der Waals surface area contributed by atoms with E-state index in [0.29, 0.717) is 59.9 Å². The Kier molecular flexibility index (Phi) is 8.73. The zero-order valence-electron chi connectivity index (χ0n) is 23.9. The lowest BCUT2D eigenvalue weighted by atomic mass is 10.1. The zero-order chi connectivity index (χ0) is 29.0. The van der Waals surface area contributed by atoms with E-state index in [-0.39, 0.29) is 17.7 Å². The molecule has 0 unspecified atom stereocenters. The van der Waals surface area contributed by atoms with Gasteiger partial charge in [-0.3, -0.25) is 10.3 Å². The maximum absolute atomic E-state index is 15.0. The average Bonchev–Trinajstić information content (AvgIpc) is 3.30. The monoisotopic (exact) mass is 555 g/mol. The lowest BCUT2D eigenvalue weighted by molar-refractivity contribution is 0.0136. The van der Waals surface area contributed by atoms with Crippen molar-refractivity contribution in [1.82, 2.24) is 14.8 Å². The van der Waals surface area contributed by atoms with Gasteiger partial charge in [-0.1, -0.05) is 0 Å². The summed E-state index contributed by atoms with van der Waals surface area (Å²) >= 11 is 0. The fraction of sp³-hybridized carbons (Fsp3) is 0.448. The fourth-order valence-corrected chi connectivity index (χ4v) is 4.52. The summed E-state index contributed by atoms with van der Waals surface area (Å²) in [6, 6.07) is 8.31. The van der Waals surface area contributed by atoms with E-state index < -0.39 is 11.4 Å². The second-order valence-electron chi connectivity index (χ2n) is 10.7. The van der Waals surface area contributed by atoms with Gasteiger partial charge in [0, 0.05) is 62.4 Å². The number of rotatable bonds is 8. The molecule has 3 N–H and O–H groups in total. The van der Waals surface area contributed by atoms with Gasteiger partial charge in [-0.05, 0) is 52.0 Å². The number of nitrogens with zero attached hydrogens (tertiary/aromatic N) is 2. The SMILES string of the molecule is CNc1cc(OCCN2CCN(C(=O)OC(C)(C)C)CC2)c(OC)cc1C(=N)Oc1ccc2[nH]c(C)cc2c1F. The number of piperazine rings is 1. The number of aromatic nitrogens is 1. The first-order chi connectivity index (χ1) is 19.0. The molecule has 0 spiro atoms. The van der Waals surface area contributed by atoms with Crippen molar-refractivity contribution >= 4 is 28.6 Å². The molecule has 0 bridgehead atoms. The highest BCUT2D eigenvalue weighted by atomic mass is 19.1. The Morgan fingerprint density at radius 2 is 1.82 bits per heavy atom. The van der Waals surface area contributed by atoms with Crippen LogP contribution in [-0.4, -0.2) is 85.9 Å². The minimum Gasteiger partial charge on any atom is -0.493 e. The topological polar surface area (TPSA) is 112 Å². The fourth-order valence-electron chi connectivity index (χ4n) is 4.52. The molecule has 3 aromatic rings. The van der Waals surface area contributed by atoms with Crippen LogP contribution < -0.4 is 19.5 Å². The Bertz CT molecular complexity index is 1380. The van der Waals surface area contributed by atoms with Crippen LogP contribution in [0.25, 0.3) is 10.9 Å². The average molecular weight is 556 g/mol. The molecule has 0 atom stereocenters. The van der Waals surface area contributed by atoms with Crippen LogP contribution in [0.15, 0.2) is 30.3 Å². The number of methoxy groups -OCH3 is 1. The van der Waals surface area contributed by atoms with Crippen LogP contribution in [0.4, 0.5) is 14.9 Å². The molecule has 1 aliphatic rings. The molecule has 4 rings (SSSR count). The van der Waals surface area contributed by atoms with Gasteiger partial charge in [-0.15, -0.1) is 0 Å². The number of carbonyl (C=O) groups excluding carboxylic acids is 1. The smallest absolute Gasteiger partial charge is 0.410 e. The number of nitrogens with one attached hydrogen (secondary N) is 3. The molecule has 40 heavy (non-hydrogen) atoms. The molecule has 1 aliphatic heterocycles. The van der Waals surface area contributed by atoms with Gasteiger partial charge in [-0.25, -0.2) is 9.18 Å². The van der Waals surface area contributed by atoms with Crippen molar-refractivity contribution in [3.63, 3.8) is 0 Å². The van der Waals surface area contributed by atoms with Gasteiger partial charge in [0.15, 0.2) is 23.1 Å². The molecule has 216 valence electrons. The van der Waals surface area contributed by atoms with Gasteiger partial charge in [0.25, 0.3) is 0 Å². The predicted molar refractivity (Wildman–Crippen MR) is 153 cm³/mol. The zero-order valence-corrected chi connectivity index (χ0v) is 23.9. The third-order valence-electron chi connectivity index (χ3n) is 6.56. The number of anilines is 1. The number of fused-ring (bicyclic) bond motifs is 1. The number of halogens is 1. The van der Waals surface area contributed by atoms with E-state index in [0.717, 1.165) is 18.8 Å². The highest BCUT2D eigenvalue weighted by Crippen LogP contribution is 2.35. The minimum atomic E-state index is -0.531. The molecule has 2 heterocycles. The molecular formula is C29H38FN5O5. The molecular weight excluding hydrogens is 517 g/mol. The number of H-pyrrole nitrogens is 1. The van der Waals surface area contributed by atoms with Crippen molar-refractivity contribution < 1.29 is 28.1 Å². The Labute approximate surface area is 233 Å². The quantitative estimate of drug-likeness (QED) is 0.265. The number of aromatic amines is 1. The number of hydrogen-bond donors (Lipinski definition) is 3. The molecule has 0 radical (unpaired) electrons. The number of aryl methyl sites for hydroxylation is 1. The lowest BCUT2D eigenvalue weighted by Gasteiger charge is -2.35. The van der Waals surface area contributed by atoms with Crippen molar-refractivity contribution in [2.45, 2.75) is 33.3 Å². The summed E-state index contributed by atoms with van der Waals surface area (Å²) < 4.78 is 37.7. The van der Waals surface area contributed by atoms with Crippen LogP contribution in [0.3, 0.4) is 0 Å². The molecule has 1 saturated heterocycles. The number of hydrogen-bond acceptors (Lipinski definition) is 8.